The zero-order valence-electron chi connectivity index (χ0n) is 11.6. The first-order valence-corrected chi connectivity index (χ1v) is 7.93. The van der Waals surface area contributed by atoms with Crippen LogP contribution in [0.4, 0.5) is 11.8 Å². The van der Waals surface area contributed by atoms with E-state index in [1.54, 1.807) is 11.3 Å². The van der Waals surface area contributed by atoms with E-state index in [0.29, 0.717) is 5.95 Å². The molecule has 108 valence electrons. The molecule has 0 atom stereocenters. The van der Waals surface area contributed by atoms with Crippen molar-refractivity contribution < 1.29 is 0 Å². The zero-order valence-corrected chi connectivity index (χ0v) is 13.1. The van der Waals surface area contributed by atoms with Gasteiger partial charge in [-0.05, 0) is 35.6 Å². The second kappa shape index (κ2) is 6.28. The maximum absolute atomic E-state index is 5.89. The van der Waals surface area contributed by atoms with Crippen LogP contribution in [0.5, 0.6) is 0 Å². The minimum Gasteiger partial charge on any atom is -0.369 e. The molecule has 0 aliphatic heterocycles. The summed E-state index contributed by atoms with van der Waals surface area (Å²) in [5, 5.41) is 10.2. The largest absolute Gasteiger partial charge is 0.369 e. The van der Waals surface area contributed by atoms with E-state index in [0.717, 1.165) is 34.0 Å². The lowest BCUT2D eigenvalue weighted by molar-refractivity contribution is 1.01. The van der Waals surface area contributed by atoms with E-state index in [1.807, 2.05) is 42.8 Å². The topological polar surface area (TPSA) is 49.8 Å². The number of benzene rings is 1. The molecule has 21 heavy (non-hydrogen) atoms. The molecule has 0 fully saturated rings. The fourth-order valence-electron chi connectivity index (χ4n) is 2.08. The SMILES string of the molecule is CNc1nc(NCCc2ccc(Cl)cc2)c2ccsc2n1. The van der Waals surface area contributed by atoms with Gasteiger partial charge in [-0.1, -0.05) is 23.7 Å². The predicted octanol–water partition coefficient (Wildman–Crippen LogP) is 4.04. The summed E-state index contributed by atoms with van der Waals surface area (Å²) in [4.78, 5) is 9.91. The van der Waals surface area contributed by atoms with Crippen molar-refractivity contribution in [2.24, 2.45) is 0 Å². The molecule has 0 spiro atoms. The second-order valence-electron chi connectivity index (χ2n) is 4.59. The molecule has 0 unspecified atom stereocenters. The molecule has 3 aromatic rings. The number of hydrogen-bond acceptors (Lipinski definition) is 5. The van der Waals surface area contributed by atoms with Crippen LogP contribution in [0.2, 0.25) is 5.02 Å². The van der Waals surface area contributed by atoms with Crippen LogP contribution in [0.3, 0.4) is 0 Å². The van der Waals surface area contributed by atoms with E-state index in [-0.39, 0.29) is 0 Å². The van der Waals surface area contributed by atoms with Crippen LogP contribution < -0.4 is 10.6 Å². The highest BCUT2D eigenvalue weighted by Gasteiger charge is 2.07. The Labute approximate surface area is 132 Å². The highest BCUT2D eigenvalue weighted by molar-refractivity contribution is 7.16. The lowest BCUT2D eigenvalue weighted by atomic mass is 10.1. The fraction of sp³-hybridized carbons (Fsp3) is 0.200. The van der Waals surface area contributed by atoms with Crippen molar-refractivity contribution in [3.05, 3.63) is 46.3 Å². The quantitative estimate of drug-likeness (QED) is 0.745. The van der Waals surface area contributed by atoms with Crippen LogP contribution in [0, 0.1) is 0 Å². The molecule has 4 nitrogen and oxygen atoms in total. The molecule has 2 N–H and O–H groups in total. The van der Waals surface area contributed by atoms with Gasteiger partial charge >= 0.3 is 0 Å². The number of rotatable bonds is 5. The van der Waals surface area contributed by atoms with Gasteiger partial charge in [0.05, 0.1) is 5.39 Å². The van der Waals surface area contributed by atoms with Crippen molar-refractivity contribution >= 4 is 44.9 Å². The number of halogens is 1. The van der Waals surface area contributed by atoms with E-state index >= 15 is 0 Å². The van der Waals surface area contributed by atoms with Gasteiger partial charge in [0, 0.05) is 18.6 Å². The Morgan fingerprint density at radius 3 is 2.71 bits per heavy atom. The Bertz CT molecular complexity index is 739. The smallest absolute Gasteiger partial charge is 0.225 e. The van der Waals surface area contributed by atoms with Crippen LogP contribution in [-0.4, -0.2) is 23.6 Å². The van der Waals surface area contributed by atoms with E-state index < -0.39 is 0 Å². The first kappa shape index (κ1) is 14.1. The maximum atomic E-state index is 5.89. The molecule has 0 aliphatic rings. The van der Waals surface area contributed by atoms with Crippen LogP contribution in [0.1, 0.15) is 5.56 Å². The van der Waals surface area contributed by atoms with Crippen molar-refractivity contribution in [1.82, 2.24) is 9.97 Å². The van der Waals surface area contributed by atoms with Gasteiger partial charge < -0.3 is 10.6 Å². The van der Waals surface area contributed by atoms with Gasteiger partial charge in [0.25, 0.3) is 0 Å². The molecule has 6 heteroatoms. The van der Waals surface area contributed by atoms with E-state index in [4.69, 9.17) is 11.6 Å². The minimum absolute atomic E-state index is 0.638. The van der Waals surface area contributed by atoms with Gasteiger partial charge in [0.1, 0.15) is 10.6 Å². The molecule has 0 saturated carbocycles. The van der Waals surface area contributed by atoms with E-state index in [9.17, 15) is 0 Å². The van der Waals surface area contributed by atoms with Crippen molar-refractivity contribution in [1.29, 1.82) is 0 Å². The first-order valence-electron chi connectivity index (χ1n) is 6.67. The Balaban J connectivity index is 1.72. The van der Waals surface area contributed by atoms with Gasteiger partial charge in [-0.25, -0.2) is 4.98 Å². The maximum Gasteiger partial charge on any atom is 0.225 e. The van der Waals surface area contributed by atoms with Crippen LogP contribution in [0.15, 0.2) is 35.7 Å². The summed E-state index contributed by atoms with van der Waals surface area (Å²) < 4.78 is 0. The van der Waals surface area contributed by atoms with Gasteiger partial charge in [-0.15, -0.1) is 11.3 Å². The minimum atomic E-state index is 0.638. The van der Waals surface area contributed by atoms with Crippen molar-refractivity contribution in [3.8, 4) is 0 Å². The van der Waals surface area contributed by atoms with Gasteiger partial charge in [-0.3, -0.25) is 0 Å². The summed E-state index contributed by atoms with van der Waals surface area (Å²) in [6.07, 6.45) is 0.918. The summed E-state index contributed by atoms with van der Waals surface area (Å²) in [5.74, 6) is 1.51. The average Bonchev–Trinajstić information content (AvgIpc) is 2.97. The number of nitrogens with zero attached hydrogens (tertiary/aromatic N) is 2. The third kappa shape index (κ3) is 3.25. The first-order chi connectivity index (χ1) is 10.3. The number of thiophene rings is 1. The molecule has 2 aromatic heterocycles. The Hall–Kier alpha value is -1.85. The molecule has 0 bridgehead atoms. The summed E-state index contributed by atoms with van der Waals surface area (Å²) >= 11 is 7.51. The summed E-state index contributed by atoms with van der Waals surface area (Å²) in [5.41, 5.74) is 1.25. The van der Waals surface area contributed by atoms with Crippen LogP contribution >= 0.6 is 22.9 Å². The van der Waals surface area contributed by atoms with Gasteiger partial charge in [-0.2, -0.15) is 4.98 Å². The third-order valence-electron chi connectivity index (χ3n) is 3.17. The van der Waals surface area contributed by atoms with E-state index in [1.165, 1.54) is 5.56 Å². The molecule has 0 amide bonds. The van der Waals surface area contributed by atoms with E-state index in [2.05, 4.69) is 20.6 Å². The Kier molecular flexibility index (Phi) is 4.22. The number of aromatic nitrogens is 2. The number of fused-ring (bicyclic) bond motifs is 1. The van der Waals surface area contributed by atoms with Gasteiger partial charge in [0.2, 0.25) is 5.95 Å². The normalized spacial score (nSPS) is 10.8. The lowest BCUT2D eigenvalue weighted by Crippen LogP contribution is -2.08. The van der Waals surface area contributed by atoms with Crippen molar-refractivity contribution in [3.63, 3.8) is 0 Å². The fourth-order valence-corrected chi connectivity index (χ4v) is 2.97. The molecule has 0 aliphatic carbocycles. The number of hydrogen-bond donors (Lipinski definition) is 2. The molecule has 1 aromatic carbocycles. The molecule has 0 radical (unpaired) electrons. The van der Waals surface area contributed by atoms with Crippen LogP contribution in [0.25, 0.3) is 10.2 Å². The molecular weight excluding hydrogens is 304 g/mol. The predicted molar refractivity (Wildman–Crippen MR) is 90.6 cm³/mol. The molecule has 0 saturated heterocycles. The second-order valence-corrected chi connectivity index (χ2v) is 5.92. The number of nitrogens with one attached hydrogen (secondary N) is 2. The zero-order chi connectivity index (χ0) is 14.7. The van der Waals surface area contributed by atoms with Crippen molar-refractivity contribution in [2.45, 2.75) is 6.42 Å². The molecule has 3 rings (SSSR count). The standard InChI is InChI=1S/C15H15ClN4S/c1-17-15-19-13(12-7-9-21-14(12)20-15)18-8-6-10-2-4-11(16)5-3-10/h2-5,7,9H,6,8H2,1H3,(H2,17,18,19,20). The highest BCUT2D eigenvalue weighted by Crippen LogP contribution is 2.26. The van der Waals surface area contributed by atoms with Crippen LogP contribution in [-0.2, 0) is 6.42 Å². The van der Waals surface area contributed by atoms with Crippen molar-refractivity contribution in [2.75, 3.05) is 24.2 Å². The lowest BCUT2D eigenvalue weighted by Gasteiger charge is -2.08. The third-order valence-corrected chi connectivity index (χ3v) is 4.23. The Morgan fingerprint density at radius 2 is 1.95 bits per heavy atom. The average molecular weight is 319 g/mol. The summed E-state index contributed by atoms with van der Waals surface area (Å²) in [6, 6.07) is 9.96. The summed E-state index contributed by atoms with van der Waals surface area (Å²) in [7, 11) is 1.83. The monoisotopic (exact) mass is 318 g/mol. The summed E-state index contributed by atoms with van der Waals surface area (Å²) in [6.45, 7) is 0.812. The Morgan fingerprint density at radius 1 is 1.14 bits per heavy atom. The molecule has 2 heterocycles. The number of anilines is 2. The van der Waals surface area contributed by atoms with Gasteiger partial charge in [0.15, 0.2) is 0 Å². The molecular formula is C15H15ClN4S. The highest BCUT2D eigenvalue weighted by atomic mass is 35.5.